The van der Waals surface area contributed by atoms with E-state index in [1.807, 2.05) is 18.2 Å². The summed E-state index contributed by atoms with van der Waals surface area (Å²) in [5.41, 5.74) is 1.13. The van der Waals surface area contributed by atoms with Crippen molar-refractivity contribution in [3.8, 4) is 0 Å². The molecule has 1 aromatic rings. The Hall–Kier alpha value is -1.26. The van der Waals surface area contributed by atoms with E-state index in [0.29, 0.717) is 6.54 Å². The smallest absolute Gasteiger partial charge is 0.191 e. The molecular weight excluding hydrogens is 296 g/mol. The number of rotatable bonds is 5. The highest BCUT2D eigenvalue weighted by molar-refractivity contribution is 6.30. The minimum Gasteiger partial charge on any atom is -0.357 e. The summed E-state index contributed by atoms with van der Waals surface area (Å²) < 4.78 is 0. The Labute approximate surface area is 138 Å². The van der Waals surface area contributed by atoms with Gasteiger partial charge in [0, 0.05) is 18.1 Å². The molecule has 1 aliphatic heterocycles. The predicted molar refractivity (Wildman–Crippen MR) is 94.5 cm³/mol. The maximum atomic E-state index is 6.01. The summed E-state index contributed by atoms with van der Waals surface area (Å²) in [6, 6.07) is 7.87. The lowest BCUT2D eigenvalue weighted by atomic mass is 9.97. The van der Waals surface area contributed by atoms with Gasteiger partial charge in [0.1, 0.15) is 0 Å². The number of hydrogen-bond donors (Lipinski definition) is 2. The minimum atomic E-state index is 0.642. The van der Waals surface area contributed by atoms with Crippen LogP contribution in [-0.2, 0) is 6.54 Å². The van der Waals surface area contributed by atoms with E-state index in [2.05, 4.69) is 40.6 Å². The van der Waals surface area contributed by atoms with Crippen molar-refractivity contribution in [3.05, 3.63) is 34.9 Å². The minimum absolute atomic E-state index is 0.642. The summed E-state index contributed by atoms with van der Waals surface area (Å²) in [6.45, 7) is 6.99. The van der Waals surface area contributed by atoms with E-state index in [0.717, 1.165) is 35.6 Å². The lowest BCUT2D eigenvalue weighted by molar-refractivity contribution is 0.220. The van der Waals surface area contributed by atoms with Gasteiger partial charge in [-0.25, -0.2) is 4.99 Å². The summed E-state index contributed by atoms with van der Waals surface area (Å²) in [5, 5.41) is 7.55. The Morgan fingerprint density at radius 3 is 2.77 bits per heavy atom. The van der Waals surface area contributed by atoms with E-state index in [1.165, 1.54) is 25.9 Å². The fourth-order valence-electron chi connectivity index (χ4n) is 2.65. The number of guanidine groups is 1. The quantitative estimate of drug-likeness (QED) is 0.647. The van der Waals surface area contributed by atoms with Crippen molar-refractivity contribution in [2.75, 3.05) is 33.2 Å². The zero-order chi connectivity index (χ0) is 15.8. The molecule has 1 saturated heterocycles. The number of nitrogens with zero attached hydrogens (tertiary/aromatic N) is 2. The molecule has 0 saturated carbocycles. The van der Waals surface area contributed by atoms with Crippen molar-refractivity contribution >= 4 is 17.6 Å². The Morgan fingerprint density at radius 1 is 1.32 bits per heavy atom. The van der Waals surface area contributed by atoms with Gasteiger partial charge in [0.05, 0.1) is 6.54 Å². The van der Waals surface area contributed by atoms with E-state index in [4.69, 9.17) is 11.6 Å². The van der Waals surface area contributed by atoms with Gasteiger partial charge in [0.2, 0.25) is 0 Å². The van der Waals surface area contributed by atoms with Crippen LogP contribution in [0.15, 0.2) is 29.3 Å². The standard InChI is InChI=1S/C17H27ClN4/c1-3-19-17(20-12-14-7-9-22(2)10-8-14)21-13-15-5-4-6-16(18)11-15/h4-6,11,14H,3,7-10,12-13H2,1-2H3,(H2,19,20,21). The van der Waals surface area contributed by atoms with E-state index >= 15 is 0 Å². The number of nitrogens with one attached hydrogen (secondary N) is 2. The molecule has 0 unspecified atom stereocenters. The van der Waals surface area contributed by atoms with Crippen LogP contribution >= 0.6 is 11.6 Å². The number of halogens is 1. The zero-order valence-electron chi connectivity index (χ0n) is 13.6. The van der Waals surface area contributed by atoms with Gasteiger partial charge < -0.3 is 15.5 Å². The van der Waals surface area contributed by atoms with Gasteiger partial charge in [-0.05, 0) is 63.5 Å². The largest absolute Gasteiger partial charge is 0.357 e. The first-order valence-electron chi connectivity index (χ1n) is 8.12. The first kappa shape index (κ1) is 17.1. The van der Waals surface area contributed by atoms with Crippen LogP contribution in [0, 0.1) is 5.92 Å². The molecule has 0 aliphatic carbocycles. The third kappa shape index (κ3) is 5.85. The van der Waals surface area contributed by atoms with E-state index < -0.39 is 0 Å². The molecule has 0 radical (unpaired) electrons. The van der Waals surface area contributed by atoms with E-state index in [-0.39, 0.29) is 0 Å². The zero-order valence-corrected chi connectivity index (χ0v) is 14.4. The van der Waals surface area contributed by atoms with Crippen LogP contribution in [0.1, 0.15) is 25.3 Å². The summed E-state index contributed by atoms with van der Waals surface area (Å²) >= 11 is 6.01. The fraction of sp³-hybridized carbons (Fsp3) is 0.588. The van der Waals surface area contributed by atoms with Crippen LogP contribution in [0.2, 0.25) is 5.02 Å². The summed E-state index contributed by atoms with van der Waals surface area (Å²) in [5.74, 6) is 1.63. The average Bonchev–Trinajstić information content (AvgIpc) is 2.52. The van der Waals surface area contributed by atoms with Crippen molar-refractivity contribution in [1.29, 1.82) is 0 Å². The second-order valence-corrected chi connectivity index (χ2v) is 6.39. The molecule has 0 amide bonds. The summed E-state index contributed by atoms with van der Waals surface area (Å²) in [4.78, 5) is 7.05. The Morgan fingerprint density at radius 2 is 2.09 bits per heavy atom. The van der Waals surface area contributed by atoms with E-state index in [9.17, 15) is 0 Å². The lowest BCUT2D eigenvalue weighted by Gasteiger charge is -2.29. The molecule has 122 valence electrons. The van der Waals surface area contributed by atoms with E-state index in [1.54, 1.807) is 0 Å². The highest BCUT2D eigenvalue weighted by Gasteiger charge is 2.16. The van der Waals surface area contributed by atoms with Gasteiger partial charge in [-0.2, -0.15) is 0 Å². The van der Waals surface area contributed by atoms with Gasteiger partial charge in [-0.3, -0.25) is 0 Å². The molecule has 2 rings (SSSR count). The molecule has 4 nitrogen and oxygen atoms in total. The molecule has 1 aromatic carbocycles. The van der Waals surface area contributed by atoms with Gasteiger partial charge in [-0.15, -0.1) is 0 Å². The second kappa shape index (κ2) is 9.01. The van der Waals surface area contributed by atoms with Gasteiger partial charge in [0.25, 0.3) is 0 Å². The second-order valence-electron chi connectivity index (χ2n) is 5.95. The van der Waals surface area contributed by atoms with Gasteiger partial charge in [0.15, 0.2) is 5.96 Å². The van der Waals surface area contributed by atoms with Gasteiger partial charge >= 0.3 is 0 Å². The van der Waals surface area contributed by atoms with Crippen LogP contribution in [0.4, 0.5) is 0 Å². The van der Waals surface area contributed by atoms with Crippen LogP contribution in [-0.4, -0.2) is 44.1 Å². The first-order valence-corrected chi connectivity index (χ1v) is 8.50. The number of piperidine rings is 1. The molecule has 0 aromatic heterocycles. The molecule has 1 heterocycles. The lowest BCUT2D eigenvalue weighted by Crippen LogP contribution is -2.42. The average molecular weight is 323 g/mol. The number of aliphatic imine (C=N–C) groups is 1. The molecule has 5 heteroatoms. The fourth-order valence-corrected chi connectivity index (χ4v) is 2.87. The highest BCUT2D eigenvalue weighted by Crippen LogP contribution is 2.14. The summed E-state index contributed by atoms with van der Waals surface area (Å²) in [7, 11) is 2.19. The van der Waals surface area contributed by atoms with Gasteiger partial charge in [-0.1, -0.05) is 23.7 Å². The molecule has 0 bridgehead atoms. The maximum absolute atomic E-state index is 6.01. The highest BCUT2D eigenvalue weighted by atomic mass is 35.5. The van der Waals surface area contributed by atoms with Crippen molar-refractivity contribution in [2.24, 2.45) is 10.9 Å². The Bertz CT molecular complexity index is 481. The normalized spacial score (nSPS) is 17.5. The van der Waals surface area contributed by atoms with Crippen LogP contribution in [0.3, 0.4) is 0 Å². The van der Waals surface area contributed by atoms with Crippen molar-refractivity contribution in [2.45, 2.75) is 26.3 Å². The third-order valence-electron chi connectivity index (χ3n) is 4.05. The molecule has 0 atom stereocenters. The predicted octanol–water partition coefficient (Wildman–Crippen LogP) is 2.74. The van der Waals surface area contributed by atoms with Crippen LogP contribution < -0.4 is 10.6 Å². The maximum Gasteiger partial charge on any atom is 0.191 e. The van der Waals surface area contributed by atoms with Crippen molar-refractivity contribution in [1.82, 2.24) is 15.5 Å². The molecule has 22 heavy (non-hydrogen) atoms. The SMILES string of the molecule is CCNC(=NCc1cccc(Cl)c1)NCC1CCN(C)CC1. The number of benzene rings is 1. The number of likely N-dealkylation sites (tertiary alicyclic amines) is 1. The third-order valence-corrected chi connectivity index (χ3v) is 4.28. The molecule has 0 spiro atoms. The molecule has 1 fully saturated rings. The number of hydrogen-bond acceptors (Lipinski definition) is 2. The van der Waals surface area contributed by atoms with Crippen LogP contribution in [0.5, 0.6) is 0 Å². The first-order chi connectivity index (χ1) is 10.7. The van der Waals surface area contributed by atoms with Crippen molar-refractivity contribution < 1.29 is 0 Å². The van der Waals surface area contributed by atoms with Crippen molar-refractivity contribution in [3.63, 3.8) is 0 Å². The Balaban J connectivity index is 1.84. The molecule has 2 N–H and O–H groups in total. The Kier molecular flexibility index (Phi) is 7.00. The molecular formula is C17H27ClN4. The van der Waals surface area contributed by atoms with Crippen LogP contribution in [0.25, 0.3) is 0 Å². The summed E-state index contributed by atoms with van der Waals surface area (Å²) in [6.07, 6.45) is 2.52. The molecule has 1 aliphatic rings. The topological polar surface area (TPSA) is 39.7 Å². The monoisotopic (exact) mass is 322 g/mol.